The van der Waals surface area contributed by atoms with Crippen LogP contribution in [0.15, 0.2) is 59.6 Å². The van der Waals surface area contributed by atoms with Gasteiger partial charge in [0.25, 0.3) is 5.91 Å². The van der Waals surface area contributed by atoms with E-state index in [2.05, 4.69) is 52.1 Å². The Bertz CT molecular complexity index is 751. The maximum Gasteiger partial charge on any atom is 0.251 e. The summed E-state index contributed by atoms with van der Waals surface area (Å²) in [7, 11) is 0. The van der Waals surface area contributed by atoms with Crippen LogP contribution < -0.4 is 16.0 Å². The van der Waals surface area contributed by atoms with Crippen molar-refractivity contribution in [3.8, 4) is 5.75 Å². The van der Waals surface area contributed by atoms with Crippen molar-refractivity contribution in [3.63, 3.8) is 0 Å². The van der Waals surface area contributed by atoms with Gasteiger partial charge in [-0.25, -0.2) is 0 Å². The van der Waals surface area contributed by atoms with Crippen LogP contribution in [-0.2, 0) is 6.42 Å². The lowest BCUT2D eigenvalue weighted by Gasteiger charge is -2.18. The molecule has 7 heteroatoms. The number of carbonyl (C=O) groups excluding carboxylic acids is 1. The second-order valence-corrected chi connectivity index (χ2v) is 6.63. The van der Waals surface area contributed by atoms with Gasteiger partial charge in [0, 0.05) is 24.7 Å². The molecule has 2 rings (SSSR count). The van der Waals surface area contributed by atoms with Gasteiger partial charge in [0.15, 0.2) is 5.96 Å². The molecule has 0 saturated heterocycles. The molecular formula is C22H31IN4O2. The number of aliphatic imine (C=N–C) groups is 1. The van der Waals surface area contributed by atoms with Crippen LogP contribution in [0.3, 0.4) is 0 Å². The predicted octanol–water partition coefficient (Wildman–Crippen LogP) is 3.32. The van der Waals surface area contributed by atoms with Crippen molar-refractivity contribution in [2.45, 2.75) is 32.7 Å². The maximum atomic E-state index is 12.1. The van der Waals surface area contributed by atoms with E-state index in [1.807, 2.05) is 13.0 Å². The van der Waals surface area contributed by atoms with E-state index in [1.165, 1.54) is 17.7 Å². The number of halogens is 1. The third-order valence-corrected chi connectivity index (χ3v) is 4.23. The van der Waals surface area contributed by atoms with Crippen LogP contribution in [0.5, 0.6) is 5.75 Å². The van der Waals surface area contributed by atoms with Crippen molar-refractivity contribution >= 4 is 35.8 Å². The molecule has 0 aliphatic carbocycles. The number of hydrogen-bond acceptors (Lipinski definition) is 3. The minimum absolute atomic E-state index is 0. The maximum absolute atomic E-state index is 12.1. The lowest BCUT2D eigenvalue weighted by Crippen LogP contribution is -2.42. The van der Waals surface area contributed by atoms with Gasteiger partial charge in [-0.3, -0.25) is 9.79 Å². The van der Waals surface area contributed by atoms with Gasteiger partial charge in [0.2, 0.25) is 0 Å². The topological polar surface area (TPSA) is 85.8 Å². The highest BCUT2D eigenvalue weighted by Crippen LogP contribution is 2.09. The summed E-state index contributed by atoms with van der Waals surface area (Å²) in [5.41, 5.74) is 1.84. The van der Waals surface area contributed by atoms with E-state index in [-0.39, 0.29) is 41.7 Å². The Kier molecular flexibility index (Phi) is 11.8. The molecular weight excluding hydrogens is 479 g/mol. The zero-order valence-electron chi connectivity index (χ0n) is 17.0. The number of aryl methyl sites for hydroxylation is 1. The van der Waals surface area contributed by atoms with E-state index < -0.39 is 0 Å². The van der Waals surface area contributed by atoms with Gasteiger partial charge in [-0.2, -0.15) is 0 Å². The number of guanidine groups is 1. The minimum Gasteiger partial charge on any atom is -0.508 e. The molecule has 29 heavy (non-hydrogen) atoms. The first-order valence-electron chi connectivity index (χ1n) is 9.74. The first-order valence-corrected chi connectivity index (χ1v) is 9.74. The Morgan fingerprint density at radius 3 is 2.41 bits per heavy atom. The number of nitrogens with one attached hydrogen (secondary N) is 3. The lowest BCUT2D eigenvalue weighted by atomic mass is 10.1. The van der Waals surface area contributed by atoms with Gasteiger partial charge < -0.3 is 21.1 Å². The van der Waals surface area contributed by atoms with E-state index in [0.29, 0.717) is 18.7 Å². The number of benzene rings is 2. The predicted molar refractivity (Wildman–Crippen MR) is 129 cm³/mol. The quantitative estimate of drug-likeness (QED) is 0.181. The molecule has 2 aromatic rings. The molecule has 158 valence electrons. The van der Waals surface area contributed by atoms with Crippen molar-refractivity contribution in [1.82, 2.24) is 16.0 Å². The van der Waals surface area contributed by atoms with Gasteiger partial charge in [-0.1, -0.05) is 30.3 Å². The fourth-order valence-electron chi connectivity index (χ4n) is 2.71. The molecule has 0 heterocycles. The average molecular weight is 510 g/mol. The van der Waals surface area contributed by atoms with Crippen molar-refractivity contribution in [1.29, 1.82) is 0 Å². The molecule has 2 aromatic carbocycles. The summed E-state index contributed by atoms with van der Waals surface area (Å²) in [5.74, 6) is 0.718. The summed E-state index contributed by atoms with van der Waals surface area (Å²) in [6.07, 6.45) is 2.02. The van der Waals surface area contributed by atoms with Crippen molar-refractivity contribution in [3.05, 3.63) is 65.7 Å². The summed E-state index contributed by atoms with van der Waals surface area (Å²) < 4.78 is 0. The van der Waals surface area contributed by atoms with Crippen molar-refractivity contribution in [2.24, 2.45) is 4.99 Å². The van der Waals surface area contributed by atoms with Crippen LogP contribution in [0, 0.1) is 0 Å². The van der Waals surface area contributed by atoms with Crippen LogP contribution >= 0.6 is 24.0 Å². The normalized spacial score (nSPS) is 11.9. The summed E-state index contributed by atoms with van der Waals surface area (Å²) in [6.45, 7) is 5.86. The van der Waals surface area contributed by atoms with Crippen LogP contribution in [0.1, 0.15) is 36.2 Å². The summed E-state index contributed by atoms with van der Waals surface area (Å²) in [5, 5.41) is 18.8. The Balaban J connectivity index is 0.00000420. The standard InChI is InChI=1S/C22H30N4O2.HI/c1-3-23-22(26-17(2)9-10-18-7-5-4-6-8-18)25-16-15-24-21(28)19-11-13-20(27)14-12-19;/h4-8,11-14,17,27H,3,9-10,15-16H2,1-2H3,(H,24,28)(H2,23,25,26);1H. The molecule has 0 fully saturated rings. The molecule has 0 spiro atoms. The molecule has 0 aliphatic heterocycles. The molecule has 0 aliphatic rings. The smallest absolute Gasteiger partial charge is 0.251 e. The summed E-state index contributed by atoms with van der Waals surface area (Å²) >= 11 is 0. The van der Waals surface area contributed by atoms with Crippen LogP contribution in [0.4, 0.5) is 0 Å². The van der Waals surface area contributed by atoms with E-state index in [4.69, 9.17) is 0 Å². The van der Waals surface area contributed by atoms with Gasteiger partial charge in [-0.15, -0.1) is 24.0 Å². The van der Waals surface area contributed by atoms with Crippen molar-refractivity contribution in [2.75, 3.05) is 19.6 Å². The van der Waals surface area contributed by atoms with Crippen molar-refractivity contribution < 1.29 is 9.90 Å². The fourth-order valence-corrected chi connectivity index (χ4v) is 2.71. The molecule has 1 unspecified atom stereocenters. The lowest BCUT2D eigenvalue weighted by molar-refractivity contribution is 0.0955. The molecule has 0 radical (unpaired) electrons. The second-order valence-electron chi connectivity index (χ2n) is 6.63. The largest absolute Gasteiger partial charge is 0.508 e. The number of carbonyl (C=O) groups is 1. The Morgan fingerprint density at radius 2 is 1.76 bits per heavy atom. The van der Waals surface area contributed by atoms with E-state index in [9.17, 15) is 9.90 Å². The van der Waals surface area contributed by atoms with E-state index in [1.54, 1.807) is 12.1 Å². The summed E-state index contributed by atoms with van der Waals surface area (Å²) in [4.78, 5) is 16.6. The Morgan fingerprint density at radius 1 is 1.07 bits per heavy atom. The molecule has 1 atom stereocenters. The SMILES string of the molecule is CCNC(=NCCNC(=O)c1ccc(O)cc1)NC(C)CCc1ccccc1.I. The number of hydrogen-bond donors (Lipinski definition) is 4. The second kappa shape index (κ2) is 13.8. The number of amides is 1. The number of rotatable bonds is 9. The number of nitrogens with zero attached hydrogens (tertiary/aromatic N) is 1. The third-order valence-electron chi connectivity index (χ3n) is 4.23. The van der Waals surface area contributed by atoms with E-state index >= 15 is 0 Å². The molecule has 4 N–H and O–H groups in total. The Labute approximate surface area is 190 Å². The zero-order valence-corrected chi connectivity index (χ0v) is 19.4. The van der Waals surface area contributed by atoms with Crippen LogP contribution in [0.2, 0.25) is 0 Å². The number of phenolic OH excluding ortho intramolecular Hbond substituents is 1. The Hall–Kier alpha value is -2.29. The molecule has 0 aromatic heterocycles. The number of phenols is 1. The monoisotopic (exact) mass is 510 g/mol. The zero-order chi connectivity index (χ0) is 20.2. The first-order chi connectivity index (χ1) is 13.6. The molecule has 0 saturated carbocycles. The molecule has 1 amide bonds. The minimum atomic E-state index is -0.176. The fraction of sp³-hybridized carbons (Fsp3) is 0.364. The molecule has 6 nitrogen and oxygen atoms in total. The first kappa shape index (κ1) is 24.7. The highest BCUT2D eigenvalue weighted by molar-refractivity contribution is 14.0. The van der Waals surface area contributed by atoms with Gasteiger partial charge in [-0.05, 0) is 56.5 Å². The average Bonchev–Trinajstić information content (AvgIpc) is 2.71. The van der Waals surface area contributed by atoms with Crippen LogP contribution in [-0.4, -0.2) is 42.6 Å². The van der Waals surface area contributed by atoms with E-state index in [0.717, 1.165) is 25.3 Å². The summed E-state index contributed by atoms with van der Waals surface area (Å²) in [6, 6.07) is 16.9. The van der Waals surface area contributed by atoms with Gasteiger partial charge in [0.05, 0.1) is 6.54 Å². The third kappa shape index (κ3) is 9.65. The van der Waals surface area contributed by atoms with Gasteiger partial charge in [0.1, 0.15) is 5.75 Å². The molecule has 0 bridgehead atoms. The van der Waals surface area contributed by atoms with Gasteiger partial charge >= 0.3 is 0 Å². The van der Waals surface area contributed by atoms with Crippen LogP contribution in [0.25, 0.3) is 0 Å². The highest BCUT2D eigenvalue weighted by atomic mass is 127. The number of aromatic hydroxyl groups is 1. The highest BCUT2D eigenvalue weighted by Gasteiger charge is 2.07.